The van der Waals surface area contributed by atoms with E-state index in [1.54, 1.807) is 11.1 Å². The first-order valence-electron chi connectivity index (χ1n) is 13.5. The molecule has 1 aromatic carbocycles. The summed E-state index contributed by atoms with van der Waals surface area (Å²) in [6.45, 7) is 7.56. The Balaban J connectivity index is 1.24. The van der Waals surface area contributed by atoms with E-state index in [0.717, 1.165) is 47.6 Å². The first kappa shape index (κ1) is 26.2. The van der Waals surface area contributed by atoms with Gasteiger partial charge in [-0.1, -0.05) is 12.1 Å². The molecule has 0 bridgehead atoms. The molecular formula is C29H36N4O5. The lowest BCUT2D eigenvalue weighted by Crippen LogP contribution is -2.43. The first-order chi connectivity index (χ1) is 18.2. The van der Waals surface area contributed by atoms with Crippen LogP contribution in [0.15, 0.2) is 36.5 Å². The number of imide groups is 1. The molecule has 3 amide bonds. The van der Waals surface area contributed by atoms with Crippen LogP contribution in [0.4, 0.5) is 4.79 Å². The Kier molecular flexibility index (Phi) is 7.38. The number of piperidine rings is 2. The summed E-state index contributed by atoms with van der Waals surface area (Å²) in [5.41, 5.74) is 2.42. The number of pyridine rings is 1. The van der Waals surface area contributed by atoms with Gasteiger partial charge in [0.05, 0.1) is 11.6 Å². The van der Waals surface area contributed by atoms with Crippen LogP contribution in [-0.2, 0) is 25.5 Å². The predicted molar refractivity (Wildman–Crippen MR) is 144 cm³/mol. The van der Waals surface area contributed by atoms with Crippen LogP contribution in [0.1, 0.15) is 64.5 Å². The molecule has 1 unspecified atom stereocenters. The lowest BCUT2D eigenvalue weighted by Gasteiger charge is -2.33. The second-order valence-corrected chi connectivity index (χ2v) is 11.2. The molecule has 0 radical (unpaired) electrons. The van der Waals surface area contributed by atoms with E-state index in [1.807, 2.05) is 49.6 Å². The highest BCUT2D eigenvalue weighted by molar-refractivity contribution is 6.10. The van der Waals surface area contributed by atoms with Gasteiger partial charge in [0.25, 0.3) is 0 Å². The molecule has 2 aliphatic heterocycles. The van der Waals surface area contributed by atoms with Crippen LogP contribution >= 0.6 is 0 Å². The number of aryl methyl sites for hydroxylation is 1. The van der Waals surface area contributed by atoms with Crippen molar-refractivity contribution in [2.24, 2.45) is 0 Å². The predicted octanol–water partition coefficient (Wildman–Crippen LogP) is 4.52. The molecule has 5 rings (SSSR count). The largest absolute Gasteiger partial charge is 0.444 e. The number of hydrogen-bond acceptors (Lipinski definition) is 6. The van der Waals surface area contributed by atoms with Gasteiger partial charge in [0.1, 0.15) is 17.3 Å². The van der Waals surface area contributed by atoms with Crippen molar-refractivity contribution >= 4 is 39.8 Å². The molecule has 0 spiro atoms. The fourth-order valence-corrected chi connectivity index (χ4v) is 5.49. The van der Waals surface area contributed by atoms with E-state index in [1.165, 1.54) is 5.56 Å². The number of carbonyl (C=O) groups excluding carboxylic acids is 3. The van der Waals surface area contributed by atoms with E-state index in [9.17, 15) is 14.4 Å². The third-order valence-corrected chi connectivity index (χ3v) is 7.23. The molecule has 38 heavy (non-hydrogen) atoms. The van der Waals surface area contributed by atoms with Gasteiger partial charge >= 0.3 is 6.09 Å². The third kappa shape index (κ3) is 5.53. The summed E-state index contributed by atoms with van der Waals surface area (Å²) in [5, 5.41) is 4.60. The summed E-state index contributed by atoms with van der Waals surface area (Å²) in [6, 6.07) is 9.67. The van der Waals surface area contributed by atoms with Gasteiger partial charge in [-0.2, -0.15) is 0 Å². The Labute approximate surface area is 222 Å². The average molecular weight is 521 g/mol. The van der Waals surface area contributed by atoms with Crippen molar-refractivity contribution in [2.75, 3.05) is 19.7 Å². The standard InChI is InChI=1S/C29H36N4O5/c1-29(2,3)38-28(36)32-16-13-20(14-17-32)37-18-6-8-19-7-4-10-22-25(19)21-9-5-15-30-26(21)33(22)23-11-12-24(34)31-27(23)35/h4-5,7,9-10,15,20,23H,6,8,11-14,16-18H2,1-3H3,(H,31,34,35). The number of nitrogens with zero attached hydrogens (tertiary/aromatic N) is 3. The minimum Gasteiger partial charge on any atom is -0.444 e. The van der Waals surface area contributed by atoms with Crippen LogP contribution in [0.25, 0.3) is 21.9 Å². The molecule has 1 atom stereocenters. The molecule has 0 saturated carbocycles. The van der Waals surface area contributed by atoms with Crippen molar-refractivity contribution < 1.29 is 23.9 Å². The number of ether oxygens (including phenoxy) is 2. The van der Waals surface area contributed by atoms with Crippen molar-refractivity contribution in [1.29, 1.82) is 0 Å². The number of fused-ring (bicyclic) bond motifs is 3. The molecule has 9 heteroatoms. The van der Waals surface area contributed by atoms with E-state index in [2.05, 4.69) is 16.4 Å². The normalized spacial score (nSPS) is 19.2. The van der Waals surface area contributed by atoms with Gasteiger partial charge in [0.2, 0.25) is 11.8 Å². The number of rotatable bonds is 6. The molecule has 2 aliphatic rings. The van der Waals surface area contributed by atoms with Crippen LogP contribution in [0.2, 0.25) is 0 Å². The van der Waals surface area contributed by atoms with Gasteiger partial charge in [-0.15, -0.1) is 0 Å². The van der Waals surface area contributed by atoms with Crippen LogP contribution in [0.3, 0.4) is 0 Å². The highest BCUT2D eigenvalue weighted by Crippen LogP contribution is 2.35. The van der Waals surface area contributed by atoms with Crippen LogP contribution in [0, 0.1) is 0 Å². The van der Waals surface area contributed by atoms with Crippen molar-refractivity contribution in [1.82, 2.24) is 19.8 Å². The van der Waals surface area contributed by atoms with Crippen LogP contribution < -0.4 is 5.32 Å². The van der Waals surface area contributed by atoms with E-state index >= 15 is 0 Å². The number of likely N-dealkylation sites (tertiary alicyclic amines) is 1. The maximum atomic E-state index is 12.7. The summed E-state index contributed by atoms with van der Waals surface area (Å²) in [7, 11) is 0. The molecule has 3 aromatic rings. The molecule has 2 saturated heterocycles. The molecule has 4 heterocycles. The van der Waals surface area contributed by atoms with Gasteiger partial charge in [-0.05, 0) is 76.6 Å². The number of nitrogens with one attached hydrogen (secondary N) is 1. The lowest BCUT2D eigenvalue weighted by atomic mass is 10.0. The van der Waals surface area contributed by atoms with Crippen molar-refractivity contribution in [3.05, 3.63) is 42.1 Å². The van der Waals surface area contributed by atoms with E-state index in [0.29, 0.717) is 32.5 Å². The molecule has 9 nitrogen and oxygen atoms in total. The molecule has 2 fully saturated rings. The van der Waals surface area contributed by atoms with Gasteiger partial charge in [-0.25, -0.2) is 9.78 Å². The van der Waals surface area contributed by atoms with E-state index in [-0.39, 0.29) is 24.0 Å². The van der Waals surface area contributed by atoms with Crippen molar-refractivity contribution in [3.63, 3.8) is 0 Å². The van der Waals surface area contributed by atoms with Gasteiger partial charge < -0.3 is 18.9 Å². The maximum Gasteiger partial charge on any atom is 0.410 e. The third-order valence-electron chi connectivity index (χ3n) is 7.23. The summed E-state index contributed by atoms with van der Waals surface area (Å²) >= 11 is 0. The first-order valence-corrected chi connectivity index (χ1v) is 13.5. The Morgan fingerprint density at radius 1 is 1.11 bits per heavy atom. The topological polar surface area (TPSA) is 103 Å². The lowest BCUT2D eigenvalue weighted by molar-refractivity contribution is -0.135. The highest BCUT2D eigenvalue weighted by Gasteiger charge is 2.31. The molecular weight excluding hydrogens is 484 g/mol. The Hall–Kier alpha value is -3.46. The molecule has 1 N–H and O–H groups in total. The van der Waals surface area contributed by atoms with Crippen molar-refractivity contribution in [2.45, 2.75) is 77.0 Å². The second-order valence-electron chi connectivity index (χ2n) is 11.2. The van der Waals surface area contributed by atoms with Gasteiger partial charge in [0, 0.05) is 43.1 Å². The molecule has 202 valence electrons. The Bertz CT molecular complexity index is 1350. The number of amides is 3. The monoisotopic (exact) mass is 520 g/mol. The number of aromatic nitrogens is 2. The SMILES string of the molecule is CC(C)(C)OC(=O)N1CCC(OCCCc2cccc3c2c2cccnc2n3C2CCC(=O)NC2=O)CC1. The minimum atomic E-state index is -0.489. The number of hydrogen-bond donors (Lipinski definition) is 1. The highest BCUT2D eigenvalue weighted by atomic mass is 16.6. The molecule has 0 aliphatic carbocycles. The summed E-state index contributed by atoms with van der Waals surface area (Å²) in [6.07, 6.45) is 5.71. The van der Waals surface area contributed by atoms with Crippen LogP contribution in [-0.4, -0.2) is 63.8 Å². The fraction of sp³-hybridized carbons (Fsp3) is 0.517. The zero-order valence-corrected chi connectivity index (χ0v) is 22.4. The van der Waals surface area contributed by atoms with E-state index in [4.69, 9.17) is 9.47 Å². The minimum absolute atomic E-state index is 0.142. The van der Waals surface area contributed by atoms with E-state index < -0.39 is 11.6 Å². The summed E-state index contributed by atoms with van der Waals surface area (Å²) < 4.78 is 13.6. The van der Waals surface area contributed by atoms with Gasteiger partial charge in [0.15, 0.2) is 0 Å². The summed E-state index contributed by atoms with van der Waals surface area (Å²) in [4.78, 5) is 43.1. The maximum absolute atomic E-state index is 12.7. The Morgan fingerprint density at radius 3 is 2.63 bits per heavy atom. The average Bonchev–Trinajstić information content (AvgIpc) is 3.21. The quantitative estimate of drug-likeness (QED) is 0.379. The zero-order valence-electron chi connectivity index (χ0n) is 22.4. The summed E-state index contributed by atoms with van der Waals surface area (Å²) in [5.74, 6) is -0.501. The smallest absolute Gasteiger partial charge is 0.410 e. The van der Waals surface area contributed by atoms with Gasteiger partial charge in [-0.3, -0.25) is 14.9 Å². The van der Waals surface area contributed by atoms with Crippen molar-refractivity contribution in [3.8, 4) is 0 Å². The number of carbonyl (C=O) groups is 3. The second kappa shape index (κ2) is 10.7. The fourth-order valence-electron chi connectivity index (χ4n) is 5.49. The number of benzene rings is 1. The Morgan fingerprint density at radius 2 is 1.89 bits per heavy atom. The van der Waals surface area contributed by atoms with Crippen LogP contribution in [0.5, 0.6) is 0 Å². The molecule has 2 aromatic heterocycles. The zero-order chi connectivity index (χ0) is 26.9.